The molecule has 1 aromatic heterocycles. The number of anilines is 1. The lowest BCUT2D eigenvalue weighted by Gasteiger charge is -2.27. The lowest BCUT2D eigenvalue weighted by Crippen LogP contribution is -2.39. The van der Waals surface area contributed by atoms with E-state index >= 15 is 0 Å². The second-order valence-corrected chi connectivity index (χ2v) is 8.04. The second-order valence-electron chi connectivity index (χ2n) is 7.06. The molecule has 1 saturated heterocycles. The monoisotopic (exact) mass is 528 g/mol. The second kappa shape index (κ2) is 11.0. The van der Waals surface area contributed by atoms with E-state index in [0.29, 0.717) is 19.3 Å². The van der Waals surface area contributed by atoms with E-state index in [0.717, 1.165) is 36.1 Å². The molecule has 0 bridgehead atoms. The quantitative estimate of drug-likeness (QED) is 0.344. The Bertz CT molecular complexity index is 794. The predicted octanol–water partition coefficient (Wildman–Crippen LogP) is 4.35. The van der Waals surface area contributed by atoms with E-state index in [1.165, 1.54) is 30.8 Å². The average molecular weight is 528 g/mol. The summed E-state index contributed by atoms with van der Waals surface area (Å²) in [4.78, 5) is 8.37. The molecule has 0 aliphatic carbocycles. The van der Waals surface area contributed by atoms with Crippen LogP contribution in [0.2, 0.25) is 0 Å². The molecule has 4 rings (SSSR count). The van der Waals surface area contributed by atoms with Crippen LogP contribution in [0.1, 0.15) is 30.2 Å². The number of hydrogen-bond donors (Lipinski definition) is 2. The van der Waals surface area contributed by atoms with E-state index in [1.807, 2.05) is 29.5 Å². The lowest BCUT2D eigenvalue weighted by atomic mass is 10.2. The zero-order valence-electron chi connectivity index (χ0n) is 16.7. The SMILES string of the molecule is CN=C(NCC(c1cccs1)N1CCCC1)Nc1ccc2c(c1)OCCCO2.I. The Morgan fingerprint density at radius 2 is 1.93 bits per heavy atom. The maximum Gasteiger partial charge on any atom is 0.195 e. The largest absolute Gasteiger partial charge is 0.490 e. The van der Waals surface area contributed by atoms with Crippen LogP contribution in [0.3, 0.4) is 0 Å². The summed E-state index contributed by atoms with van der Waals surface area (Å²) in [6, 6.07) is 10.7. The smallest absolute Gasteiger partial charge is 0.195 e. The minimum absolute atomic E-state index is 0. The van der Waals surface area contributed by atoms with E-state index in [-0.39, 0.29) is 24.0 Å². The zero-order chi connectivity index (χ0) is 19.2. The molecule has 158 valence electrons. The minimum atomic E-state index is 0. The summed E-state index contributed by atoms with van der Waals surface area (Å²) in [5, 5.41) is 9.04. The highest BCUT2D eigenvalue weighted by Crippen LogP contribution is 2.32. The van der Waals surface area contributed by atoms with Gasteiger partial charge in [0, 0.05) is 36.6 Å². The standard InChI is InChI=1S/C21H28N4O2S.HI/c1-22-21(24-16-7-8-18-19(14-16)27-12-5-11-26-18)23-15-17(20-6-4-13-28-20)25-9-2-3-10-25;/h4,6-8,13-14,17H,2-3,5,9-12,15H2,1H3,(H2,22,23,24);1H. The van der Waals surface area contributed by atoms with Gasteiger partial charge in [-0.15, -0.1) is 35.3 Å². The van der Waals surface area contributed by atoms with Crippen LogP contribution in [0.4, 0.5) is 5.69 Å². The molecule has 1 fully saturated rings. The number of ether oxygens (including phenoxy) is 2. The normalized spacial score (nSPS) is 17.9. The Kier molecular flexibility index (Phi) is 8.43. The molecular formula is C21H29IN4O2S. The van der Waals surface area contributed by atoms with Crippen LogP contribution in [0.15, 0.2) is 40.7 Å². The van der Waals surface area contributed by atoms with E-state index in [1.54, 1.807) is 7.05 Å². The van der Waals surface area contributed by atoms with Crippen molar-refractivity contribution in [3.8, 4) is 11.5 Å². The third-order valence-corrected chi connectivity index (χ3v) is 6.12. The van der Waals surface area contributed by atoms with E-state index in [4.69, 9.17) is 9.47 Å². The summed E-state index contributed by atoms with van der Waals surface area (Å²) in [5.74, 6) is 2.35. The number of aliphatic imine (C=N–C) groups is 1. The zero-order valence-corrected chi connectivity index (χ0v) is 19.9. The van der Waals surface area contributed by atoms with E-state index in [9.17, 15) is 0 Å². The molecule has 0 spiro atoms. The predicted molar refractivity (Wildman–Crippen MR) is 130 cm³/mol. The minimum Gasteiger partial charge on any atom is -0.490 e. The summed E-state index contributed by atoms with van der Waals surface area (Å²) < 4.78 is 11.5. The van der Waals surface area contributed by atoms with E-state index in [2.05, 4.69) is 38.0 Å². The van der Waals surface area contributed by atoms with Gasteiger partial charge in [-0.3, -0.25) is 9.89 Å². The summed E-state index contributed by atoms with van der Waals surface area (Å²) >= 11 is 1.83. The number of likely N-dealkylation sites (tertiary alicyclic amines) is 1. The topological polar surface area (TPSA) is 58.1 Å². The Hall–Kier alpha value is -1.52. The number of rotatable bonds is 5. The molecule has 1 aromatic carbocycles. The molecule has 1 unspecified atom stereocenters. The van der Waals surface area contributed by atoms with Crippen LogP contribution >= 0.6 is 35.3 Å². The third kappa shape index (κ3) is 5.76. The number of guanidine groups is 1. The van der Waals surface area contributed by atoms with Gasteiger partial charge in [0.15, 0.2) is 17.5 Å². The van der Waals surface area contributed by atoms with Crippen molar-refractivity contribution in [2.24, 2.45) is 4.99 Å². The molecule has 0 radical (unpaired) electrons. The van der Waals surface area contributed by atoms with Crippen molar-refractivity contribution in [2.45, 2.75) is 25.3 Å². The lowest BCUT2D eigenvalue weighted by molar-refractivity contribution is 0.249. The van der Waals surface area contributed by atoms with Gasteiger partial charge in [-0.05, 0) is 49.5 Å². The van der Waals surface area contributed by atoms with Crippen LogP contribution in [-0.2, 0) is 0 Å². The Morgan fingerprint density at radius 3 is 2.66 bits per heavy atom. The fourth-order valence-electron chi connectivity index (χ4n) is 3.69. The fraction of sp³-hybridized carbons (Fsp3) is 0.476. The van der Waals surface area contributed by atoms with Crippen LogP contribution in [-0.4, -0.2) is 50.8 Å². The summed E-state index contributed by atoms with van der Waals surface area (Å²) in [6.07, 6.45) is 3.47. The van der Waals surface area contributed by atoms with Gasteiger partial charge in [0.25, 0.3) is 0 Å². The molecule has 2 aromatic rings. The number of nitrogens with zero attached hydrogens (tertiary/aromatic N) is 2. The van der Waals surface area contributed by atoms with E-state index < -0.39 is 0 Å². The van der Waals surface area contributed by atoms with Crippen molar-refractivity contribution in [1.29, 1.82) is 0 Å². The first-order valence-corrected chi connectivity index (χ1v) is 10.9. The maximum atomic E-state index is 5.79. The number of nitrogens with one attached hydrogen (secondary N) is 2. The first-order chi connectivity index (χ1) is 13.8. The molecule has 0 amide bonds. The van der Waals surface area contributed by atoms with Gasteiger partial charge in [-0.25, -0.2) is 0 Å². The molecule has 29 heavy (non-hydrogen) atoms. The van der Waals surface area contributed by atoms with Crippen LogP contribution < -0.4 is 20.1 Å². The van der Waals surface area contributed by atoms with Crippen molar-refractivity contribution in [2.75, 3.05) is 45.2 Å². The Morgan fingerprint density at radius 1 is 1.14 bits per heavy atom. The molecule has 2 aliphatic heterocycles. The maximum absolute atomic E-state index is 5.79. The highest BCUT2D eigenvalue weighted by Gasteiger charge is 2.24. The van der Waals surface area contributed by atoms with Crippen molar-refractivity contribution in [1.82, 2.24) is 10.2 Å². The average Bonchev–Trinajstić information content (AvgIpc) is 3.39. The summed E-state index contributed by atoms with van der Waals surface area (Å²) in [5.41, 5.74) is 0.936. The number of fused-ring (bicyclic) bond motifs is 1. The number of thiophene rings is 1. The number of benzene rings is 1. The molecular weight excluding hydrogens is 499 g/mol. The van der Waals surface area contributed by atoms with Gasteiger partial charge >= 0.3 is 0 Å². The first kappa shape index (κ1) is 22.2. The molecule has 2 N–H and O–H groups in total. The van der Waals surface area contributed by atoms with Crippen LogP contribution in [0, 0.1) is 0 Å². The highest BCUT2D eigenvalue weighted by atomic mass is 127. The fourth-order valence-corrected chi connectivity index (χ4v) is 4.55. The van der Waals surface area contributed by atoms with Gasteiger partial charge in [-0.2, -0.15) is 0 Å². The van der Waals surface area contributed by atoms with Gasteiger partial charge in [0.05, 0.1) is 19.3 Å². The van der Waals surface area contributed by atoms with Crippen molar-refractivity contribution in [3.05, 3.63) is 40.6 Å². The van der Waals surface area contributed by atoms with Crippen molar-refractivity contribution < 1.29 is 9.47 Å². The van der Waals surface area contributed by atoms with Crippen LogP contribution in [0.25, 0.3) is 0 Å². The number of halogens is 1. The van der Waals surface area contributed by atoms with Gasteiger partial charge in [-0.1, -0.05) is 6.07 Å². The molecule has 8 heteroatoms. The number of hydrogen-bond acceptors (Lipinski definition) is 5. The molecule has 3 heterocycles. The summed E-state index contributed by atoms with van der Waals surface area (Å²) in [7, 11) is 1.80. The highest BCUT2D eigenvalue weighted by molar-refractivity contribution is 14.0. The summed E-state index contributed by atoms with van der Waals surface area (Å²) in [6.45, 7) is 4.53. The molecule has 2 aliphatic rings. The van der Waals surface area contributed by atoms with Gasteiger partial charge in [0.1, 0.15) is 0 Å². The first-order valence-electron chi connectivity index (χ1n) is 9.98. The molecule has 6 nitrogen and oxygen atoms in total. The van der Waals surface area contributed by atoms with Crippen molar-refractivity contribution >= 4 is 47.0 Å². The Labute approximate surface area is 193 Å². The molecule has 1 atom stereocenters. The van der Waals surface area contributed by atoms with Gasteiger partial charge < -0.3 is 20.1 Å². The Balaban J connectivity index is 0.00000240. The van der Waals surface area contributed by atoms with Crippen molar-refractivity contribution in [3.63, 3.8) is 0 Å². The van der Waals surface area contributed by atoms with Crippen LogP contribution in [0.5, 0.6) is 11.5 Å². The molecule has 0 saturated carbocycles. The third-order valence-electron chi connectivity index (χ3n) is 5.15. The van der Waals surface area contributed by atoms with Gasteiger partial charge in [0.2, 0.25) is 0 Å².